The Balaban J connectivity index is 1.40. The van der Waals surface area contributed by atoms with E-state index in [2.05, 4.69) is 22.1 Å². The van der Waals surface area contributed by atoms with Crippen LogP contribution in [0.1, 0.15) is 56.0 Å². The maximum Gasteiger partial charge on any atom is 0.329 e. The highest BCUT2D eigenvalue weighted by atomic mass is 16.5. The van der Waals surface area contributed by atoms with Crippen LogP contribution in [-0.2, 0) is 6.54 Å². The molecule has 1 aliphatic rings. The molecule has 204 valence electrons. The van der Waals surface area contributed by atoms with Crippen LogP contribution in [0.15, 0.2) is 46.0 Å². The van der Waals surface area contributed by atoms with Crippen LogP contribution in [0.3, 0.4) is 0 Å². The number of nitrogens with zero attached hydrogens (tertiary/aromatic N) is 2. The fourth-order valence-electron chi connectivity index (χ4n) is 4.78. The first kappa shape index (κ1) is 27.4. The summed E-state index contributed by atoms with van der Waals surface area (Å²) in [7, 11) is 0. The topological polar surface area (TPSA) is 106 Å². The molecule has 0 atom stereocenters. The molecule has 1 aliphatic heterocycles. The molecule has 0 saturated carbocycles. The minimum absolute atomic E-state index is 0.0810. The van der Waals surface area contributed by atoms with Gasteiger partial charge in [0.25, 0.3) is 11.5 Å². The highest BCUT2D eigenvalue weighted by molar-refractivity contribution is 5.94. The van der Waals surface area contributed by atoms with Crippen molar-refractivity contribution in [3.05, 3.63) is 68.4 Å². The number of rotatable bonds is 11. The van der Waals surface area contributed by atoms with Crippen LogP contribution in [0.5, 0.6) is 11.5 Å². The van der Waals surface area contributed by atoms with E-state index in [1.54, 1.807) is 36.4 Å². The fourth-order valence-corrected chi connectivity index (χ4v) is 4.78. The Bertz CT molecular complexity index is 1350. The highest BCUT2D eigenvalue weighted by Gasteiger charge is 2.16. The Hall–Kier alpha value is -3.59. The van der Waals surface area contributed by atoms with Crippen LogP contribution in [0.4, 0.5) is 0 Å². The zero-order chi connectivity index (χ0) is 27.1. The number of H-pyrrole nitrogens is 1. The third-order valence-corrected chi connectivity index (χ3v) is 7.02. The second-order valence-electron chi connectivity index (χ2n) is 9.86. The molecule has 1 saturated heterocycles. The number of likely N-dealkylation sites (tertiary alicyclic amines) is 1. The van der Waals surface area contributed by atoms with Gasteiger partial charge in [-0.2, -0.15) is 0 Å². The van der Waals surface area contributed by atoms with Crippen LogP contribution in [0, 0.1) is 5.92 Å². The lowest BCUT2D eigenvalue weighted by Crippen LogP contribution is -2.35. The van der Waals surface area contributed by atoms with E-state index in [1.165, 1.54) is 12.8 Å². The number of ether oxygens (including phenoxy) is 2. The molecule has 9 nitrogen and oxygen atoms in total. The number of amides is 1. The molecule has 4 rings (SSSR count). The Morgan fingerprint density at radius 1 is 1.03 bits per heavy atom. The molecule has 0 bridgehead atoms. The SMILES string of the molecule is CCOc1cc2[nH]c(=O)n(Cc3ccc(C(=O)NCCCN4CCC(C)CC4)cc3)c(=O)c2cc1OCC. The minimum atomic E-state index is -0.515. The van der Waals surface area contributed by atoms with Crippen molar-refractivity contribution >= 4 is 16.8 Å². The average molecular weight is 523 g/mol. The normalized spacial score (nSPS) is 14.5. The zero-order valence-electron chi connectivity index (χ0n) is 22.5. The molecule has 2 heterocycles. The summed E-state index contributed by atoms with van der Waals surface area (Å²) < 4.78 is 12.4. The van der Waals surface area contributed by atoms with Crippen molar-refractivity contribution in [3.63, 3.8) is 0 Å². The molecule has 9 heteroatoms. The molecule has 38 heavy (non-hydrogen) atoms. The molecule has 0 aliphatic carbocycles. The fraction of sp³-hybridized carbons (Fsp3) is 0.483. The van der Waals surface area contributed by atoms with Gasteiger partial charge in [0.05, 0.1) is 30.7 Å². The van der Waals surface area contributed by atoms with E-state index in [0.717, 1.165) is 42.1 Å². The number of hydrogen-bond donors (Lipinski definition) is 2. The summed E-state index contributed by atoms with van der Waals surface area (Å²) in [5.41, 5.74) is 0.746. The molecule has 0 unspecified atom stereocenters. The second-order valence-corrected chi connectivity index (χ2v) is 9.86. The lowest BCUT2D eigenvalue weighted by atomic mass is 9.99. The number of benzene rings is 2. The number of piperidine rings is 1. The summed E-state index contributed by atoms with van der Waals surface area (Å²) in [5, 5.41) is 3.33. The zero-order valence-corrected chi connectivity index (χ0v) is 22.5. The van der Waals surface area contributed by atoms with Crippen LogP contribution in [0.25, 0.3) is 10.9 Å². The van der Waals surface area contributed by atoms with Gasteiger partial charge in [0.1, 0.15) is 0 Å². The Kier molecular flexibility index (Phi) is 9.23. The summed E-state index contributed by atoms with van der Waals surface area (Å²) in [5.74, 6) is 1.62. The van der Waals surface area contributed by atoms with Crippen molar-refractivity contribution in [3.8, 4) is 11.5 Å². The lowest BCUT2D eigenvalue weighted by molar-refractivity contribution is 0.0950. The largest absolute Gasteiger partial charge is 0.490 e. The van der Waals surface area contributed by atoms with Gasteiger partial charge in [0.2, 0.25) is 0 Å². The summed E-state index contributed by atoms with van der Waals surface area (Å²) in [6, 6.07) is 10.2. The van der Waals surface area contributed by atoms with Gasteiger partial charge >= 0.3 is 5.69 Å². The Morgan fingerprint density at radius 2 is 1.68 bits per heavy atom. The smallest absolute Gasteiger partial charge is 0.329 e. The average Bonchev–Trinajstić information content (AvgIpc) is 2.91. The van der Waals surface area contributed by atoms with E-state index in [-0.39, 0.29) is 12.5 Å². The van der Waals surface area contributed by atoms with Gasteiger partial charge in [-0.15, -0.1) is 0 Å². The van der Waals surface area contributed by atoms with Crippen molar-refractivity contribution < 1.29 is 14.3 Å². The summed E-state index contributed by atoms with van der Waals surface area (Å²) in [6.07, 6.45) is 3.42. The van der Waals surface area contributed by atoms with Crippen LogP contribution < -0.4 is 26.0 Å². The first-order valence-corrected chi connectivity index (χ1v) is 13.6. The standard InChI is InChI=1S/C29H38N4O5/c1-4-37-25-17-23-24(18-26(25)38-5-2)31-29(36)33(28(23)35)19-21-7-9-22(10-8-21)27(34)30-13-6-14-32-15-11-20(3)12-16-32/h7-10,17-18,20H,4-6,11-16,19H2,1-3H3,(H,30,34)(H,31,36). The Morgan fingerprint density at radius 3 is 2.34 bits per heavy atom. The second kappa shape index (κ2) is 12.8. The number of carbonyl (C=O) groups excluding carboxylic acids is 1. The molecular weight excluding hydrogens is 484 g/mol. The van der Waals surface area contributed by atoms with E-state index in [1.807, 2.05) is 13.8 Å². The first-order valence-electron chi connectivity index (χ1n) is 13.6. The van der Waals surface area contributed by atoms with Gasteiger partial charge in [-0.05, 0) is 82.4 Å². The maximum atomic E-state index is 13.2. The quantitative estimate of drug-likeness (QED) is 0.374. The third-order valence-electron chi connectivity index (χ3n) is 7.02. The van der Waals surface area contributed by atoms with Crippen LogP contribution in [0.2, 0.25) is 0 Å². The summed E-state index contributed by atoms with van der Waals surface area (Å²) >= 11 is 0. The predicted octanol–water partition coefficient (Wildman–Crippen LogP) is 3.39. The van der Waals surface area contributed by atoms with E-state index < -0.39 is 11.2 Å². The monoisotopic (exact) mass is 522 g/mol. The number of aromatic nitrogens is 2. The van der Waals surface area contributed by atoms with E-state index >= 15 is 0 Å². The van der Waals surface area contributed by atoms with Crippen molar-refractivity contribution in [2.75, 3.05) is 39.4 Å². The van der Waals surface area contributed by atoms with Crippen molar-refractivity contribution in [2.24, 2.45) is 5.92 Å². The Labute approximate surface area is 222 Å². The summed E-state index contributed by atoms with van der Waals surface area (Å²) in [6.45, 7) is 10.8. The lowest BCUT2D eigenvalue weighted by Gasteiger charge is -2.30. The van der Waals surface area contributed by atoms with Gasteiger partial charge in [0, 0.05) is 18.2 Å². The maximum absolute atomic E-state index is 13.2. The number of aromatic amines is 1. The molecule has 1 aromatic heterocycles. The van der Waals surface area contributed by atoms with E-state index in [4.69, 9.17) is 9.47 Å². The third kappa shape index (κ3) is 6.64. The molecule has 2 N–H and O–H groups in total. The van der Waals surface area contributed by atoms with Crippen molar-refractivity contribution in [1.29, 1.82) is 0 Å². The first-order chi connectivity index (χ1) is 18.4. The molecule has 2 aromatic carbocycles. The van der Waals surface area contributed by atoms with E-state index in [9.17, 15) is 14.4 Å². The number of nitrogens with one attached hydrogen (secondary N) is 2. The van der Waals surface area contributed by atoms with E-state index in [0.29, 0.717) is 47.7 Å². The number of carbonyl (C=O) groups is 1. The molecule has 1 fully saturated rings. The predicted molar refractivity (Wildman–Crippen MR) is 148 cm³/mol. The molecule has 3 aromatic rings. The van der Waals surface area contributed by atoms with Crippen molar-refractivity contribution in [1.82, 2.24) is 19.8 Å². The van der Waals surface area contributed by atoms with Gasteiger partial charge in [-0.25, -0.2) is 4.79 Å². The van der Waals surface area contributed by atoms with Crippen LogP contribution >= 0.6 is 0 Å². The summed E-state index contributed by atoms with van der Waals surface area (Å²) in [4.78, 5) is 43.8. The van der Waals surface area contributed by atoms with Gasteiger partial charge in [-0.1, -0.05) is 19.1 Å². The minimum Gasteiger partial charge on any atom is -0.490 e. The number of hydrogen-bond acceptors (Lipinski definition) is 6. The van der Waals surface area contributed by atoms with Gasteiger partial charge < -0.3 is 24.7 Å². The van der Waals surface area contributed by atoms with Crippen LogP contribution in [-0.4, -0.2) is 59.8 Å². The van der Waals surface area contributed by atoms with Gasteiger partial charge in [0.15, 0.2) is 11.5 Å². The molecule has 1 amide bonds. The van der Waals surface area contributed by atoms with Gasteiger partial charge in [-0.3, -0.25) is 14.2 Å². The molecule has 0 radical (unpaired) electrons. The number of fused-ring (bicyclic) bond motifs is 1. The van der Waals surface area contributed by atoms with Crippen molar-refractivity contribution in [2.45, 2.75) is 46.6 Å². The molecular formula is C29H38N4O5. The molecule has 0 spiro atoms. The highest BCUT2D eigenvalue weighted by Crippen LogP contribution is 2.30.